The molecule has 0 aliphatic heterocycles. The first-order chi connectivity index (χ1) is 8.98. The highest BCUT2D eigenvalue weighted by molar-refractivity contribution is 7.99. The van der Waals surface area contributed by atoms with E-state index in [0.717, 1.165) is 44.9 Å². The zero-order valence-corrected chi connectivity index (χ0v) is 13.5. The van der Waals surface area contributed by atoms with Crippen LogP contribution in [-0.4, -0.2) is 47.8 Å². The van der Waals surface area contributed by atoms with Gasteiger partial charge in [0.2, 0.25) is 0 Å². The predicted molar refractivity (Wildman–Crippen MR) is 84.9 cm³/mol. The van der Waals surface area contributed by atoms with Gasteiger partial charge in [-0.05, 0) is 39.9 Å². The van der Waals surface area contributed by atoms with Crippen LogP contribution in [-0.2, 0) is 0 Å². The van der Waals surface area contributed by atoms with Gasteiger partial charge >= 0.3 is 0 Å². The Hall–Kier alpha value is -0.420. The Morgan fingerprint density at radius 3 is 2.63 bits per heavy atom. The van der Waals surface area contributed by atoms with Gasteiger partial charge in [0.15, 0.2) is 5.96 Å². The van der Waals surface area contributed by atoms with Gasteiger partial charge in [-0.15, -0.1) is 0 Å². The summed E-state index contributed by atoms with van der Waals surface area (Å²) in [4.78, 5) is 4.63. The molecule has 2 atom stereocenters. The standard InChI is InChI=1S/C14H29N3OS/c1-5-15-13(17-10-14(2,3)19-4)16-9-11-7-6-8-12(11)18/h11-12,18H,5-10H2,1-4H3,(H2,15,16,17). The molecule has 0 saturated heterocycles. The number of aliphatic hydroxyl groups excluding tert-OH is 1. The molecule has 0 bridgehead atoms. The topological polar surface area (TPSA) is 56.7 Å². The SMILES string of the molecule is CCNC(=NCC(C)(C)SC)NCC1CCCC1O. The van der Waals surface area contributed by atoms with Gasteiger partial charge in [-0.3, -0.25) is 4.99 Å². The number of rotatable bonds is 6. The van der Waals surface area contributed by atoms with Crippen molar-refractivity contribution in [2.24, 2.45) is 10.9 Å². The monoisotopic (exact) mass is 287 g/mol. The first-order valence-corrected chi connectivity index (χ1v) is 8.46. The third-order valence-electron chi connectivity index (χ3n) is 3.67. The summed E-state index contributed by atoms with van der Waals surface area (Å²) in [6, 6.07) is 0. The van der Waals surface area contributed by atoms with Gasteiger partial charge in [0.1, 0.15) is 0 Å². The first kappa shape index (κ1) is 16.6. The molecule has 3 N–H and O–H groups in total. The molecule has 2 unspecified atom stereocenters. The minimum Gasteiger partial charge on any atom is -0.393 e. The molecular weight excluding hydrogens is 258 g/mol. The highest BCUT2D eigenvalue weighted by atomic mass is 32.2. The summed E-state index contributed by atoms with van der Waals surface area (Å²) in [5.41, 5.74) is 0. The maximum absolute atomic E-state index is 9.83. The number of thioether (sulfide) groups is 1. The summed E-state index contributed by atoms with van der Waals surface area (Å²) in [5.74, 6) is 1.24. The van der Waals surface area contributed by atoms with Crippen LogP contribution in [0.4, 0.5) is 0 Å². The minimum atomic E-state index is -0.141. The molecule has 0 heterocycles. The number of aliphatic hydroxyl groups is 1. The first-order valence-electron chi connectivity index (χ1n) is 7.24. The fourth-order valence-corrected chi connectivity index (χ4v) is 2.35. The van der Waals surface area contributed by atoms with Crippen molar-refractivity contribution in [2.45, 2.75) is 50.9 Å². The Morgan fingerprint density at radius 2 is 2.11 bits per heavy atom. The van der Waals surface area contributed by atoms with Gasteiger partial charge in [0, 0.05) is 23.8 Å². The molecule has 19 heavy (non-hydrogen) atoms. The lowest BCUT2D eigenvalue weighted by Crippen LogP contribution is -2.41. The maximum Gasteiger partial charge on any atom is 0.191 e. The van der Waals surface area contributed by atoms with Crippen LogP contribution in [0, 0.1) is 5.92 Å². The zero-order valence-electron chi connectivity index (χ0n) is 12.7. The largest absolute Gasteiger partial charge is 0.393 e. The Morgan fingerprint density at radius 1 is 1.37 bits per heavy atom. The van der Waals surface area contributed by atoms with Crippen LogP contribution >= 0.6 is 11.8 Å². The van der Waals surface area contributed by atoms with E-state index in [9.17, 15) is 5.11 Å². The molecule has 112 valence electrons. The minimum absolute atomic E-state index is 0.141. The Bertz CT molecular complexity index is 294. The van der Waals surface area contributed by atoms with Crippen LogP contribution < -0.4 is 10.6 Å². The highest BCUT2D eigenvalue weighted by Gasteiger charge is 2.25. The van der Waals surface area contributed by atoms with Crippen molar-refractivity contribution in [3.05, 3.63) is 0 Å². The van der Waals surface area contributed by atoms with Crippen LogP contribution in [0.25, 0.3) is 0 Å². The lowest BCUT2D eigenvalue weighted by molar-refractivity contribution is 0.134. The van der Waals surface area contributed by atoms with E-state index in [1.54, 1.807) is 0 Å². The van der Waals surface area contributed by atoms with Crippen molar-refractivity contribution in [2.75, 3.05) is 25.9 Å². The van der Waals surface area contributed by atoms with Gasteiger partial charge in [-0.2, -0.15) is 11.8 Å². The van der Waals surface area contributed by atoms with E-state index >= 15 is 0 Å². The quantitative estimate of drug-likeness (QED) is 0.515. The van der Waals surface area contributed by atoms with Gasteiger partial charge in [0.25, 0.3) is 0 Å². The molecule has 0 spiro atoms. The summed E-state index contributed by atoms with van der Waals surface area (Å²) in [6.45, 7) is 8.93. The molecular formula is C14H29N3OS. The molecule has 1 saturated carbocycles. The third kappa shape index (κ3) is 6.04. The van der Waals surface area contributed by atoms with Crippen molar-refractivity contribution >= 4 is 17.7 Å². The molecule has 0 aromatic heterocycles. The molecule has 0 aromatic rings. The lowest BCUT2D eigenvalue weighted by atomic mass is 10.1. The molecule has 4 nitrogen and oxygen atoms in total. The number of nitrogens with one attached hydrogen (secondary N) is 2. The van der Waals surface area contributed by atoms with E-state index in [4.69, 9.17) is 0 Å². The summed E-state index contributed by atoms with van der Waals surface area (Å²) >= 11 is 1.83. The molecule has 1 aliphatic carbocycles. The molecule has 0 aromatic carbocycles. The average Bonchev–Trinajstić information content (AvgIpc) is 2.78. The summed E-state index contributed by atoms with van der Waals surface area (Å²) < 4.78 is 0.162. The fraction of sp³-hybridized carbons (Fsp3) is 0.929. The normalized spacial score (nSPS) is 24.6. The van der Waals surface area contributed by atoms with Gasteiger partial charge < -0.3 is 15.7 Å². The van der Waals surface area contributed by atoms with E-state index in [-0.39, 0.29) is 10.9 Å². The highest BCUT2D eigenvalue weighted by Crippen LogP contribution is 2.24. The van der Waals surface area contributed by atoms with Crippen LogP contribution in [0.1, 0.15) is 40.0 Å². The van der Waals surface area contributed by atoms with E-state index in [0.29, 0.717) is 5.92 Å². The van der Waals surface area contributed by atoms with Gasteiger partial charge in [-0.1, -0.05) is 6.42 Å². The number of hydrogen-bond acceptors (Lipinski definition) is 3. The summed E-state index contributed by atoms with van der Waals surface area (Å²) in [5, 5.41) is 16.5. The second kappa shape index (κ2) is 8.00. The molecule has 5 heteroatoms. The Kier molecular flexibility index (Phi) is 7.00. The summed E-state index contributed by atoms with van der Waals surface area (Å²) in [7, 11) is 0. The van der Waals surface area contributed by atoms with E-state index in [1.807, 2.05) is 11.8 Å². The second-order valence-electron chi connectivity index (χ2n) is 5.80. The Labute approximate surface area is 121 Å². The molecule has 0 radical (unpaired) electrons. The molecule has 0 amide bonds. The van der Waals surface area contributed by atoms with Crippen molar-refractivity contribution in [1.82, 2.24) is 10.6 Å². The van der Waals surface area contributed by atoms with Crippen molar-refractivity contribution in [3.8, 4) is 0 Å². The molecule has 1 rings (SSSR count). The maximum atomic E-state index is 9.83. The van der Waals surface area contributed by atoms with Gasteiger partial charge in [-0.25, -0.2) is 0 Å². The number of nitrogens with zero attached hydrogens (tertiary/aromatic N) is 1. The van der Waals surface area contributed by atoms with Crippen LogP contribution in [0.15, 0.2) is 4.99 Å². The molecule has 1 aliphatic rings. The zero-order chi connectivity index (χ0) is 14.3. The lowest BCUT2D eigenvalue weighted by Gasteiger charge is -2.21. The molecule has 1 fully saturated rings. The number of guanidine groups is 1. The van der Waals surface area contributed by atoms with Crippen LogP contribution in [0.3, 0.4) is 0 Å². The summed E-state index contributed by atoms with van der Waals surface area (Å²) in [6.07, 6.45) is 5.17. The van der Waals surface area contributed by atoms with E-state index < -0.39 is 0 Å². The second-order valence-corrected chi connectivity index (χ2v) is 7.31. The fourth-order valence-electron chi connectivity index (χ4n) is 2.16. The average molecular weight is 287 g/mol. The van der Waals surface area contributed by atoms with Crippen LogP contribution in [0.5, 0.6) is 0 Å². The smallest absolute Gasteiger partial charge is 0.191 e. The van der Waals surface area contributed by atoms with Gasteiger partial charge in [0.05, 0.1) is 12.6 Å². The van der Waals surface area contributed by atoms with E-state index in [2.05, 4.69) is 42.7 Å². The van der Waals surface area contributed by atoms with Crippen LogP contribution in [0.2, 0.25) is 0 Å². The van der Waals surface area contributed by atoms with Crippen molar-refractivity contribution < 1.29 is 5.11 Å². The Balaban J connectivity index is 2.45. The number of hydrogen-bond donors (Lipinski definition) is 3. The van der Waals surface area contributed by atoms with E-state index in [1.165, 1.54) is 0 Å². The van der Waals surface area contributed by atoms with Crippen molar-refractivity contribution in [3.63, 3.8) is 0 Å². The number of aliphatic imine (C=N–C) groups is 1. The predicted octanol–water partition coefficient (Wildman–Crippen LogP) is 1.84. The van der Waals surface area contributed by atoms with Crippen molar-refractivity contribution in [1.29, 1.82) is 0 Å². The third-order valence-corrected chi connectivity index (χ3v) is 4.90.